The van der Waals surface area contributed by atoms with Gasteiger partial charge in [0.05, 0.1) is 18.7 Å². The average molecular weight is 273 g/mol. The number of hydrogen-bond acceptors (Lipinski definition) is 5. The average Bonchev–Trinajstić information content (AvgIpc) is 3.03. The van der Waals surface area contributed by atoms with Crippen LogP contribution in [0, 0.1) is 0 Å². The van der Waals surface area contributed by atoms with Gasteiger partial charge in [0.2, 0.25) is 0 Å². The van der Waals surface area contributed by atoms with E-state index in [1.807, 2.05) is 12.1 Å². The van der Waals surface area contributed by atoms with Gasteiger partial charge in [0.1, 0.15) is 6.61 Å². The van der Waals surface area contributed by atoms with Crippen LogP contribution in [-0.2, 0) is 0 Å². The van der Waals surface area contributed by atoms with Crippen LogP contribution in [0.15, 0.2) is 35.2 Å². The van der Waals surface area contributed by atoms with Gasteiger partial charge in [0.15, 0.2) is 17.3 Å². The van der Waals surface area contributed by atoms with Crippen molar-refractivity contribution in [2.24, 2.45) is 0 Å². The summed E-state index contributed by atoms with van der Waals surface area (Å²) in [5.74, 6) is 1.96. The second-order valence-corrected chi connectivity index (χ2v) is 4.97. The molecule has 0 aromatic carbocycles. The van der Waals surface area contributed by atoms with Crippen molar-refractivity contribution >= 4 is 0 Å². The van der Waals surface area contributed by atoms with Crippen LogP contribution in [0.2, 0.25) is 0 Å². The van der Waals surface area contributed by atoms with E-state index in [0.29, 0.717) is 23.9 Å². The van der Waals surface area contributed by atoms with Crippen molar-refractivity contribution in [3.05, 3.63) is 30.8 Å². The molecular formula is C15H19N3O2. The van der Waals surface area contributed by atoms with Gasteiger partial charge in [-0.05, 0) is 38.1 Å². The minimum Gasteiger partial charge on any atom is -0.489 e. The summed E-state index contributed by atoms with van der Waals surface area (Å²) < 4.78 is 10.9. The van der Waals surface area contributed by atoms with Crippen LogP contribution in [0.4, 0.5) is 0 Å². The van der Waals surface area contributed by atoms with Crippen LogP contribution in [0.25, 0.3) is 11.6 Å². The summed E-state index contributed by atoms with van der Waals surface area (Å²) in [5.41, 5.74) is 0. The summed E-state index contributed by atoms with van der Waals surface area (Å²) in [6.07, 6.45) is 8.98. The first kappa shape index (κ1) is 13.1. The van der Waals surface area contributed by atoms with Crippen molar-refractivity contribution in [3.63, 3.8) is 0 Å². The zero-order chi connectivity index (χ0) is 13.6. The summed E-state index contributed by atoms with van der Waals surface area (Å²) >= 11 is 0. The van der Waals surface area contributed by atoms with Crippen molar-refractivity contribution in [2.75, 3.05) is 26.2 Å². The summed E-state index contributed by atoms with van der Waals surface area (Å²) in [7, 11) is 0. The van der Waals surface area contributed by atoms with E-state index in [0.717, 1.165) is 6.54 Å². The molecule has 1 aliphatic heterocycles. The van der Waals surface area contributed by atoms with Gasteiger partial charge in [-0.25, -0.2) is 9.97 Å². The Morgan fingerprint density at radius 1 is 1.15 bits per heavy atom. The predicted molar refractivity (Wildman–Crippen MR) is 75.5 cm³/mol. The lowest BCUT2D eigenvalue weighted by Crippen LogP contribution is -2.33. The number of nitrogens with zero attached hydrogens (tertiary/aromatic N) is 3. The maximum Gasteiger partial charge on any atom is 0.195 e. The van der Waals surface area contributed by atoms with Crippen LogP contribution in [0.3, 0.4) is 0 Å². The minimum absolute atomic E-state index is 0.582. The Kier molecular flexibility index (Phi) is 4.28. The highest BCUT2D eigenvalue weighted by Crippen LogP contribution is 2.16. The van der Waals surface area contributed by atoms with E-state index in [-0.39, 0.29) is 0 Å². The zero-order valence-corrected chi connectivity index (χ0v) is 11.5. The molecule has 0 spiro atoms. The van der Waals surface area contributed by atoms with Gasteiger partial charge in [-0.3, -0.25) is 4.90 Å². The van der Waals surface area contributed by atoms with Crippen molar-refractivity contribution in [1.29, 1.82) is 0 Å². The van der Waals surface area contributed by atoms with E-state index in [2.05, 4.69) is 14.9 Å². The summed E-state index contributed by atoms with van der Waals surface area (Å²) in [5, 5.41) is 0. The normalized spacial score (nSPS) is 16.2. The number of aromatic nitrogens is 2. The smallest absolute Gasteiger partial charge is 0.195 e. The van der Waals surface area contributed by atoms with E-state index in [1.165, 1.54) is 32.4 Å². The maximum absolute atomic E-state index is 5.68. The molecule has 20 heavy (non-hydrogen) atoms. The fourth-order valence-corrected chi connectivity index (χ4v) is 2.40. The van der Waals surface area contributed by atoms with Crippen LogP contribution < -0.4 is 4.74 Å². The molecule has 0 amide bonds. The zero-order valence-electron chi connectivity index (χ0n) is 11.5. The van der Waals surface area contributed by atoms with Gasteiger partial charge >= 0.3 is 0 Å². The second-order valence-electron chi connectivity index (χ2n) is 4.97. The molecule has 3 rings (SSSR count). The Hall–Kier alpha value is -1.88. The SMILES string of the molecule is c1coc(-c2ncc(OCCN3CCCCC3)cn2)c1. The fourth-order valence-electron chi connectivity index (χ4n) is 2.40. The van der Waals surface area contributed by atoms with Crippen molar-refractivity contribution in [2.45, 2.75) is 19.3 Å². The van der Waals surface area contributed by atoms with E-state index < -0.39 is 0 Å². The van der Waals surface area contributed by atoms with E-state index in [4.69, 9.17) is 9.15 Å². The van der Waals surface area contributed by atoms with Crippen molar-refractivity contribution < 1.29 is 9.15 Å². The largest absolute Gasteiger partial charge is 0.489 e. The van der Waals surface area contributed by atoms with E-state index in [1.54, 1.807) is 18.7 Å². The lowest BCUT2D eigenvalue weighted by Gasteiger charge is -2.26. The lowest BCUT2D eigenvalue weighted by molar-refractivity contribution is 0.183. The maximum atomic E-state index is 5.68. The minimum atomic E-state index is 0.582. The lowest BCUT2D eigenvalue weighted by atomic mass is 10.1. The highest BCUT2D eigenvalue weighted by molar-refractivity contribution is 5.45. The Bertz CT molecular complexity index is 504. The number of ether oxygens (including phenoxy) is 1. The quantitative estimate of drug-likeness (QED) is 0.838. The van der Waals surface area contributed by atoms with Crippen LogP contribution >= 0.6 is 0 Å². The molecule has 5 heteroatoms. The molecule has 0 atom stereocenters. The third-order valence-electron chi connectivity index (χ3n) is 3.49. The Balaban J connectivity index is 1.48. The van der Waals surface area contributed by atoms with Gasteiger partial charge in [-0.15, -0.1) is 0 Å². The molecule has 0 N–H and O–H groups in total. The third kappa shape index (κ3) is 3.36. The van der Waals surface area contributed by atoms with E-state index >= 15 is 0 Å². The Morgan fingerprint density at radius 3 is 2.65 bits per heavy atom. The predicted octanol–water partition coefficient (Wildman–Crippen LogP) is 2.60. The molecule has 1 aliphatic rings. The molecule has 2 aromatic rings. The molecule has 0 bridgehead atoms. The molecular weight excluding hydrogens is 254 g/mol. The molecule has 0 radical (unpaired) electrons. The standard InChI is InChI=1S/C15H19N3O2/c1-2-6-18(7-3-1)8-10-19-13-11-16-15(17-12-13)14-5-4-9-20-14/h4-5,9,11-12H,1-3,6-8,10H2. The molecule has 1 fully saturated rings. The highest BCUT2D eigenvalue weighted by atomic mass is 16.5. The fraction of sp³-hybridized carbons (Fsp3) is 0.467. The molecule has 0 unspecified atom stereocenters. The number of furan rings is 1. The molecule has 106 valence electrons. The van der Waals surface area contributed by atoms with Gasteiger partial charge in [-0.2, -0.15) is 0 Å². The highest BCUT2D eigenvalue weighted by Gasteiger charge is 2.10. The van der Waals surface area contributed by atoms with Gasteiger partial charge < -0.3 is 9.15 Å². The molecule has 0 saturated carbocycles. The first-order chi connectivity index (χ1) is 9.92. The monoisotopic (exact) mass is 273 g/mol. The Labute approximate surface area is 118 Å². The van der Waals surface area contributed by atoms with Gasteiger partial charge in [-0.1, -0.05) is 6.42 Å². The summed E-state index contributed by atoms with van der Waals surface area (Å²) in [6.45, 7) is 4.04. The molecule has 3 heterocycles. The third-order valence-corrected chi connectivity index (χ3v) is 3.49. The molecule has 2 aromatic heterocycles. The van der Waals surface area contributed by atoms with Gasteiger partial charge in [0, 0.05) is 6.54 Å². The number of rotatable bonds is 5. The molecule has 1 saturated heterocycles. The molecule has 0 aliphatic carbocycles. The van der Waals surface area contributed by atoms with Gasteiger partial charge in [0.25, 0.3) is 0 Å². The van der Waals surface area contributed by atoms with Crippen LogP contribution in [-0.4, -0.2) is 41.1 Å². The second kappa shape index (κ2) is 6.52. The van der Waals surface area contributed by atoms with E-state index in [9.17, 15) is 0 Å². The summed E-state index contributed by atoms with van der Waals surface area (Å²) in [4.78, 5) is 10.9. The van der Waals surface area contributed by atoms with Crippen molar-refractivity contribution in [1.82, 2.24) is 14.9 Å². The first-order valence-electron chi connectivity index (χ1n) is 7.13. The summed E-state index contributed by atoms with van der Waals surface area (Å²) in [6, 6.07) is 3.66. The number of piperidine rings is 1. The first-order valence-corrected chi connectivity index (χ1v) is 7.13. The number of likely N-dealkylation sites (tertiary alicyclic amines) is 1. The topological polar surface area (TPSA) is 51.4 Å². The molecule has 5 nitrogen and oxygen atoms in total. The van der Waals surface area contributed by atoms with Crippen LogP contribution in [0.5, 0.6) is 5.75 Å². The number of hydrogen-bond donors (Lipinski definition) is 0. The van der Waals surface area contributed by atoms with Crippen LogP contribution in [0.1, 0.15) is 19.3 Å². The Morgan fingerprint density at radius 2 is 1.95 bits per heavy atom. The van der Waals surface area contributed by atoms with Crippen molar-refractivity contribution in [3.8, 4) is 17.3 Å².